The van der Waals surface area contributed by atoms with Gasteiger partial charge < -0.3 is 14.6 Å². The number of likely N-dealkylation sites (tertiary alicyclic amines) is 1. The zero-order valence-corrected chi connectivity index (χ0v) is 15.0. The van der Waals surface area contributed by atoms with Crippen LogP contribution in [0.2, 0.25) is 0 Å². The van der Waals surface area contributed by atoms with Crippen LogP contribution in [0.1, 0.15) is 38.4 Å². The maximum Gasteiger partial charge on any atom is 0.122 e. The second-order valence-corrected chi connectivity index (χ2v) is 7.47. The molecule has 3 rings (SSSR count). The van der Waals surface area contributed by atoms with E-state index in [4.69, 9.17) is 4.74 Å². The molecule has 1 aromatic rings. The number of ether oxygens (including phenoxy) is 1. The third-order valence-corrected chi connectivity index (χ3v) is 5.47. The molecule has 0 radical (unpaired) electrons. The molecule has 0 saturated carbocycles. The molecule has 6 heteroatoms. The zero-order chi connectivity index (χ0) is 16.9. The first-order chi connectivity index (χ1) is 11.6. The summed E-state index contributed by atoms with van der Waals surface area (Å²) in [6.07, 6.45) is 7.20. The monoisotopic (exact) mass is 338 g/mol. The number of imidazole rings is 1. The van der Waals surface area contributed by atoms with Crippen LogP contribution < -0.4 is 5.32 Å². The molecule has 2 fully saturated rings. The highest BCUT2D eigenvalue weighted by Crippen LogP contribution is 2.23. The molecule has 2 saturated heterocycles. The summed E-state index contributed by atoms with van der Waals surface area (Å²) in [6.45, 7) is 6.16. The molecule has 1 N–H and O–H groups in total. The highest BCUT2D eigenvalue weighted by molar-refractivity contribution is 4.95. The maximum atomic E-state index is 13.9. The lowest BCUT2D eigenvalue weighted by molar-refractivity contribution is 0.0609. The Morgan fingerprint density at radius 1 is 1.42 bits per heavy atom. The molecule has 0 spiro atoms. The van der Waals surface area contributed by atoms with Crippen LogP contribution in [0.3, 0.4) is 0 Å². The predicted molar refractivity (Wildman–Crippen MR) is 92.5 cm³/mol. The van der Waals surface area contributed by atoms with E-state index >= 15 is 0 Å². The molecule has 0 aromatic carbocycles. The average molecular weight is 338 g/mol. The topological polar surface area (TPSA) is 42.3 Å². The SMILES string of the molecule is C[C@@H](CC1CCOCC1)NC[C@@H]1C[C@H](F)CN1Cc1nccn1C. The number of alkyl halides is 1. The van der Waals surface area contributed by atoms with Gasteiger partial charge in [-0.05, 0) is 38.5 Å². The summed E-state index contributed by atoms with van der Waals surface area (Å²) in [5, 5.41) is 3.64. The fraction of sp³-hybridized carbons (Fsp3) is 0.833. The first kappa shape index (κ1) is 17.8. The van der Waals surface area contributed by atoms with E-state index in [1.165, 1.54) is 19.3 Å². The van der Waals surface area contributed by atoms with Crippen molar-refractivity contribution in [3.05, 3.63) is 18.2 Å². The van der Waals surface area contributed by atoms with Gasteiger partial charge in [0.1, 0.15) is 12.0 Å². The maximum absolute atomic E-state index is 13.9. The number of halogens is 1. The van der Waals surface area contributed by atoms with E-state index in [1.54, 1.807) is 0 Å². The summed E-state index contributed by atoms with van der Waals surface area (Å²) >= 11 is 0. The van der Waals surface area contributed by atoms with Gasteiger partial charge in [0.25, 0.3) is 0 Å². The second-order valence-electron chi connectivity index (χ2n) is 7.47. The summed E-state index contributed by atoms with van der Waals surface area (Å²) in [4.78, 5) is 6.62. The summed E-state index contributed by atoms with van der Waals surface area (Å²) in [5.41, 5.74) is 0. The lowest BCUT2D eigenvalue weighted by atomic mass is 9.93. The van der Waals surface area contributed by atoms with Crippen LogP contribution in [-0.2, 0) is 18.3 Å². The zero-order valence-electron chi connectivity index (χ0n) is 15.0. The second kappa shape index (κ2) is 8.41. The fourth-order valence-electron chi connectivity index (χ4n) is 3.96. The minimum absolute atomic E-state index is 0.258. The molecule has 1 aromatic heterocycles. The van der Waals surface area contributed by atoms with Gasteiger partial charge in [0, 0.05) is 57.8 Å². The number of nitrogens with one attached hydrogen (secondary N) is 1. The number of aromatic nitrogens is 2. The van der Waals surface area contributed by atoms with Crippen molar-refractivity contribution in [1.29, 1.82) is 0 Å². The van der Waals surface area contributed by atoms with Crippen LogP contribution in [0.15, 0.2) is 12.4 Å². The summed E-state index contributed by atoms with van der Waals surface area (Å²) in [7, 11) is 1.99. The average Bonchev–Trinajstić information content (AvgIpc) is 3.12. The van der Waals surface area contributed by atoms with Crippen LogP contribution in [-0.4, -0.2) is 59.0 Å². The number of hydrogen-bond acceptors (Lipinski definition) is 4. The predicted octanol–water partition coefficient (Wildman–Crippen LogP) is 2.13. The number of rotatable bonds is 7. The Kier molecular flexibility index (Phi) is 6.25. The molecule has 0 amide bonds. The fourth-order valence-corrected chi connectivity index (χ4v) is 3.96. The van der Waals surface area contributed by atoms with Crippen molar-refractivity contribution in [2.75, 3.05) is 26.3 Å². The number of aryl methyl sites for hydroxylation is 1. The van der Waals surface area contributed by atoms with Crippen LogP contribution in [0.25, 0.3) is 0 Å². The van der Waals surface area contributed by atoms with E-state index < -0.39 is 6.17 Å². The van der Waals surface area contributed by atoms with Crippen molar-refractivity contribution in [3.63, 3.8) is 0 Å². The minimum atomic E-state index is -0.720. The number of hydrogen-bond donors (Lipinski definition) is 1. The lowest BCUT2D eigenvalue weighted by Gasteiger charge is -2.28. The highest BCUT2D eigenvalue weighted by Gasteiger charge is 2.32. The molecule has 0 aliphatic carbocycles. The van der Waals surface area contributed by atoms with E-state index in [9.17, 15) is 4.39 Å². The van der Waals surface area contributed by atoms with Crippen LogP contribution >= 0.6 is 0 Å². The molecule has 24 heavy (non-hydrogen) atoms. The largest absolute Gasteiger partial charge is 0.381 e. The first-order valence-electron chi connectivity index (χ1n) is 9.27. The van der Waals surface area contributed by atoms with Crippen molar-refractivity contribution in [2.24, 2.45) is 13.0 Å². The van der Waals surface area contributed by atoms with Crippen molar-refractivity contribution in [1.82, 2.24) is 19.8 Å². The summed E-state index contributed by atoms with van der Waals surface area (Å²) in [6, 6.07) is 0.732. The van der Waals surface area contributed by atoms with Crippen molar-refractivity contribution >= 4 is 0 Å². The molecular weight excluding hydrogens is 307 g/mol. The van der Waals surface area contributed by atoms with Gasteiger partial charge in [-0.3, -0.25) is 4.90 Å². The summed E-state index contributed by atoms with van der Waals surface area (Å²) < 4.78 is 21.4. The van der Waals surface area contributed by atoms with Gasteiger partial charge in [0.15, 0.2) is 0 Å². The van der Waals surface area contributed by atoms with Crippen molar-refractivity contribution in [3.8, 4) is 0 Å². The lowest BCUT2D eigenvalue weighted by Crippen LogP contribution is -2.41. The molecule has 3 heterocycles. The Morgan fingerprint density at radius 2 is 2.21 bits per heavy atom. The standard InChI is InChI=1S/C18H31FN4O/c1-14(9-15-3-7-24-8-4-15)21-11-17-10-16(19)12-23(17)13-18-20-5-6-22(18)2/h5-6,14-17,21H,3-4,7-13H2,1-2H3/t14-,16-,17-/m0/s1. The van der Waals surface area contributed by atoms with E-state index in [2.05, 4.69) is 22.1 Å². The highest BCUT2D eigenvalue weighted by atomic mass is 19.1. The Hall–Kier alpha value is -0.980. The minimum Gasteiger partial charge on any atom is -0.381 e. The van der Waals surface area contributed by atoms with Gasteiger partial charge in [-0.2, -0.15) is 0 Å². The Labute approximate surface area is 144 Å². The van der Waals surface area contributed by atoms with E-state index in [0.29, 0.717) is 19.0 Å². The normalized spacial score (nSPS) is 27.6. The van der Waals surface area contributed by atoms with Crippen molar-refractivity contribution in [2.45, 2.75) is 57.4 Å². The Morgan fingerprint density at radius 3 is 2.92 bits per heavy atom. The van der Waals surface area contributed by atoms with Gasteiger partial charge in [-0.25, -0.2) is 9.37 Å². The van der Waals surface area contributed by atoms with Crippen LogP contribution in [0, 0.1) is 5.92 Å². The molecule has 2 aliphatic heterocycles. The molecule has 5 nitrogen and oxygen atoms in total. The van der Waals surface area contributed by atoms with Gasteiger partial charge >= 0.3 is 0 Å². The smallest absolute Gasteiger partial charge is 0.122 e. The van der Waals surface area contributed by atoms with Gasteiger partial charge in [-0.15, -0.1) is 0 Å². The molecule has 3 atom stereocenters. The van der Waals surface area contributed by atoms with E-state index in [1.807, 2.05) is 24.0 Å². The molecule has 136 valence electrons. The summed E-state index contributed by atoms with van der Waals surface area (Å²) in [5.74, 6) is 1.77. The molecule has 2 aliphatic rings. The Bertz CT molecular complexity index is 503. The van der Waals surface area contributed by atoms with Gasteiger partial charge in [0.05, 0.1) is 6.54 Å². The molecular formula is C18H31FN4O. The Balaban J connectivity index is 1.46. The first-order valence-corrected chi connectivity index (χ1v) is 9.27. The number of nitrogens with zero attached hydrogens (tertiary/aromatic N) is 3. The quantitative estimate of drug-likeness (QED) is 0.827. The van der Waals surface area contributed by atoms with Crippen molar-refractivity contribution < 1.29 is 9.13 Å². The third kappa shape index (κ3) is 4.77. The van der Waals surface area contributed by atoms with Crippen LogP contribution in [0.4, 0.5) is 4.39 Å². The van der Waals surface area contributed by atoms with Gasteiger partial charge in [-0.1, -0.05) is 0 Å². The molecule has 0 bridgehead atoms. The third-order valence-electron chi connectivity index (χ3n) is 5.47. The van der Waals surface area contributed by atoms with E-state index in [0.717, 1.165) is 38.0 Å². The van der Waals surface area contributed by atoms with E-state index in [-0.39, 0.29) is 6.04 Å². The molecule has 0 unspecified atom stereocenters. The van der Waals surface area contributed by atoms with Gasteiger partial charge in [0.2, 0.25) is 0 Å². The van der Waals surface area contributed by atoms with Crippen LogP contribution in [0.5, 0.6) is 0 Å².